The number of carbonyl (C=O) groups is 1. The molecule has 2 atom stereocenters. The van der Waals surface area contributed by atoms with Crippen LogP contribution in [0.1, 0.15) is 31.2 Å². The Morgan fingerprint density at radius 3 is 2.26 bits per heavy atom. The molecule has 2 aromatic carbocycles. The molecule has 2 aliphatic heterocycles. The lowest BCUT2D eigenvalue weighted by atomic mass is 9.92. The van der Waals surface area contributed by atoms with Gasteiger partial charge in [-0.2, -0.15) is 13.2 Å². The number of anilines is 2. The van der Waals surface area contributed by atoms with Gasteiger partial charge < -0.3 is 19.9 Å². The lowest BCUT2D eigenvalue weighted by Gasteiger charge is -2.30. The van der Waals surface area contributed by atoms with Crippen LogP contribution < -0.4 is 10.2 Å². The van der Waals surface area contributed by atoms with Crippen molar-refractivity contribution in [1.29, 1.82) is 0 Å². The normalized spacial score (nSPS) is 25.3. The summed E-state index contributed by atoms with van der Waals surface area (Å²) in [5.41, 5.74) is -0.794. The first-order valence-electron chi connectivity index (χ1n) is 13.0. The van der Waals surface area contributed by atoms with Crippen molar-refractivity contribution in [2.24, 2.45) is 11.8 Å². The molecule has 0 bridgehead atoms. The van der Waals surface area contributed by atoms with Crippen molar-refractivity contribution in [3.05, 3.63) is 64.2 Å². The van der Waals surface area contributed by atoms with Crippen LogP contribution >= 0.6 is 0 Å². The maximum atomic E-state index is 13.3. The van der Waals surface area contributed by atoms with Gasteiger partial charge in [0.05, 0.1) is 11.0 Å². The van der Waals surface area contributed by atoms with E-state index in [-0.39, 0.29) is 30.3 Å². The minimum atomic E-state index is -4.81. The summed E-state index contributed by atoms with van der Waals surface area (Å²) in [4.78, 5) is 27.0. The summed E-state index contributed by atoms with van der Waals surface area (Å²) in [5.74, 6) is 0.951. The van der Waals surface area contributed by atoms with Crippen molar-refractivity contribution in [3.8, 4) is 0 Å². The van der Waals surface area contributed by atoms with Gasteiger partial charge in [0.1, 0.15) is 12.2 Å². The molecule has 3 aliphatic rings. The molecule has 2 saturated heterocycles. The SMILES string of the molecule is O=C(COC1CCC(Nc2ccc([N+](=O)[O-])c(C(F)(F)F)c2)CC1)N1CC2CN(c3ccccc3)CC2C1. The Bertz CT molecular complexity index is 1140. The summed E-state index contributed by atoms with van der Waals surface area (Å²) in [6.07, 6.45) is -2.19. The lowest BCUT2D eigenvalue weighted by Crippen LogP contribution is -2.37. The van der Waals surface area contributed by atoms with Crippen LogP contribution in [0.25, 0.3) is 0 Å². The second-order valence-electron chi connectivity index (χ2n) is 10.5. The van der Waals surface area contributed by atoms with Crippen LogP contribution in [0.2, 0.25) is 0 Å². The van der Waals surface area contributed by atoms with Crippen molar-refractivity contribution in [2.45, 2.75) is 44.0 Å². The summed E-state index contributed by atoms with van der Waals surface area (Å²) < 4.78 is 45.7. The molecule has 1 saturated carbocycles. The van der Waals surface area contributed by atoms with E-state index in [2.05, 4.69) is 22.3 Å². The van der Waals surface area contributed by atoms with E-state index < -0.39 is 22.4 Å². The number of nitrogens with one attached hydrogen (secondary N) is 1. The highest BCUT2D eigenvalue weighted by atomic mass is 19.4. The quantitative estimate of drug-likeness (QED) is 0.401. The van der Waals surface area contributed by atoms with Gasteiger partial charge in [0.2, 0.25) is 5.91 Å². The van der Waals surface area contributed by atoms with Crippen LogP contribution in [-0.4, -0.2) is 60.7 Å². The molecule has 5 rings (SSSR count). The maximum Gasteiger partial charge on any atom is 0.423 e. The number of ether oxygens (including phenoxy) is 1. The van der Waals surface area contributed by atoms with Gasteiger partial charge >= 0.3 is 6.18 Å². The second-order valence-corrected chi connectivity index (χ2v) is 10.5. The molecule has 8 nitrogen and oxygen atoms in total. The number of benzene rings is 2. The van der Waals surface area contributed by atoms with Crippen molar-refractivity contribution in [2.75, 3.05) is 43.0 Å². The molecule has 11 heteroatoms. The maximum absolute atomic E-state index is 13.3. The van der Waals surface area contributed by atoms with E-state index in [9.17, 15) is 28.1 Å². The predicted octanol–water partition coefficient (Wildman–Crippen LogP) is 4.95. The number of nitro groups is 1. The predicted molar refractivity (Wildman–Crippen MR) is 136 cm³/mol. The third kappa shape index (κ3) is 5.87. The Morgan fingerprint density at radius 2 is 1.66 bits per heavy atom. The number of halogens is 3. The number of fused-ring (bicyclic) bond motifs is 1. The Kier molecular flexibility index (Phi) is 7.47. The molecule has 1 aliphatic carbocycles. The fourth-order valence-corrected chi connectivity index (χ4v) is 5.95. The minimum Gasteiger partial charge on any atom is -0.382 e. The van der Waals surface area contributed by atoms with Gasteiger partial charge in [0, 0.05) is 61.5 Å². The number of nitro benzene ring substituents is 1. The fourth-order valence-electron chi connectivity index (χ4n) is 5.95. The van der Waals surface area contributed by atoms with Crippen LogP contribution in [0.15, 0.2) is 48.5 Å². The summed E-state index contributed by atoms with van der Waals surface area (Å²) in [7, 11) is 0. The monoisotopic (exact) mass is 532 g/mol. The van der Waals surface area contributed by atoms with Crippen LogP contribution in [0.5, 0.6) is 0 Å². The van der Waals surface area contributed by atoms with Gasteiger partial charge in [-0.05, 0) is 49.9 Å². The average molecular weight is 533 g/mol. The van der Waals surface area contributed by atoms with E-state index in [1.54, 1.807) is 0 Å². The van der Waals surface area contributed by atoms with Crippen molar-refractivity contribution in [1.82, 2.24) is 4.90 Å². The smallest absolute Gasteiger partial charge is 0.382 e. The average Bonchev–Trinajstić information content (AvgIpc) is 3.48. The van der Waals surface area contributed by atoms with Crippen molar-refractivity contribution >= 4 is 23.0 Å². The number of likely N-dealkylation sites (tertiary alicyclic amines) is 1. The molecule has 38 heavy (non-hydrogen) atoms. The van der Waals surface area contributed by atoms with Gasteiger partial charge in [-0.3, -0.25) is 14.9 Å². The Balaban J connectivity index is 1.05. The minimum absolute atomic E-state index is 0.0106. The molecule has 0 aromatic heterocycles. The number of carbonyl (C=O) groups excluding carboxylic acids is 1. The van der Waals surface area contributed by atoms with E-state index >= 15 is 0 Å². The molecule has 3 fully saturated rings. The van der Waals surface area contributed by atoms with Gasteiger partial charge in [0.15, 0.2) is 0 Å². The second kappa shape index (κ2) is 10.8. The molecular weight excluding hydrogens is 501 g/mol. The topological polar surface area (TPSA) is 87.9 Å². The number of nitrogens with zero attached hydrogens (tertiary/aromatic N) is 3. The molecule has 0 radical (unpaired) electrons. The first kappa shape index (κ1) is 26.3. The zero-order chi connectivity index (χ0) is 26.9. The van der Waals surface area contributed by atoms with Crippen molar-refractivity contribution < 1.29 is 27.6 Å². The Labute approximate surface area is 218 Å². The summed E-state index contributed by atoms with van der Waals surface area (Å²) in [6, 6.07) is 13.2. The van der Waals surface area contributed by atoms with Crippen LogP contribution in [0.4, 0.5) is 30.2 Å². The lowest BCUT2D eigenvalue weighted by molar-refractivity contribution is -0.388. The molecule has 204 valence electrons. The molecule has 0 spiro atoms. The van der Waals surface area contributed by atoms with Gasteiger partial charge in [-0.1, -0.05) is 18.2 Å². The third-order valence-corrected chi connectivity index (χ3v) is 7.95. The van der Waals surface area contributed by atoms with E-state index in [0.717, 1.165) is 38.3 Å². The number of hydrogen-bond acceptors (Lipinski definition) is 6. The summed E-state index contributed by atoms with van der Waals surface area (Å²) >= 11 is 0. The molecule has 1 N–H and O–H groups in total. The van der Waals surface area contributed by atoms with Gasteiger partial charge in [-0.15, -0.1) is 0 Å². The van der Waals surface area contributed by atoms with Crippen LogP contribution in [-0.2, 0) is 15.7 Å². The molecule has 2 aromatic rings. The summed E-state index contributed by atoms with van der Waals surface area (Å²) in [6.45, 7) is 3.46. The molecule has 2 unspecified atom stereocenters. The molecule has 2 heterocycles. The van der Waals surface area contributed by atoms with E-state index in [4.69, 9.17) is 4.74 Å². The van der Waals surface area contributed by atoms with E-state index in [0.29, 0.717) is 37.5 Å². The number of rotatable bonds is 7. The van der Waals surface area contributed by atoms with E-state index in [1.807, 2.05) is 23.1 Å². The third-order valence-electron chi connectivity index (χ3n) is 7.95. The zero-order valence-electron chi connectivity index (χ0n) is 20.9. The van der Waals surface area contributed by atoms with Gasteiger partial charge in [0.25, 0.3) is 5.69 Å². The highest BCUT2D eigenvalue weighted by Gasteiger charge is 2.42. The fraction of sp³-hybridized carbons (Fsp3) is 0.519. The first-order chi connectivity index (χ1) is 18.2. The zero-order valence-corrected chi connectivity index (χ0v) is 20.9. The number of alkyl halides is 3. The Morgan fingerprint density at radius 1 is 1.00 bits per heavy atom. The number of amides is 1. The van der Waals surface area contributed by atoms with Crippen LogP contribution in [0, 0.1) is 22.0 Å². The highest BCUT2D eigenvalue weighted by Crippen LogP contribution is 2.38. The van der Waals surface area contributed by atoms with Gasteiger partial charge in [-0.25, -0.2) is 0 Å². The Hall–Kier alpha value is -3.34. The first-order valence-corrected chi connectivity index (χ1v) is 13.0. The molecular formula is C27H31F3N4O4. The van der Waals surface area contributed by atoms with E-state index in [1.165, 1.54) is 11.8 Å². The van der Waals surface area contributed by atoms with Crippen molar-refractivity contribution in [3.63, 3.8) is 0 Å². The highest BCUT2D eigenvalue weighted by molar-refractivity contribution is 5.78. The summed E-state index contributed by atoms with van der Waals surface area (Å²) in [5, 5.41) is 14.0. The standard InChI is InChI=1S/C27H31F3N4O4/c28-27(29,30)24-12-21(8-11-25(24)34(36)37)31-20-6-9-23(10-7-20)38-17-26(35)33-15-18-13-32(14-19(18)16-33)22-4-2-1-3-5-22/h1-5,8,11-12,18-20,23,31H,6-7,9-10,13-17H2. The molecule has 1 amide bonds. The largest absolute Gasteiger partial charge is 0.423 e. The number of para-hydroxylation sites is 1. The number of hydrogen-bond donors (Lipinski definition) is 1. The van der Waals surface area contributed by atoms with Crippen LogP contribution in [0.3, 0.4) is 0 Å².